The van der Waals surface area contributed by atoms with Crippen LogP contribution < -0.4 is 16.2 Å². The summed E-state index contributed by atoms with van der Waals surface area (Å²) in [5.41, 5.74) is 13.3. The standard InChI is InChI=1S/C26H30N8/c1-2-27-13-16-11-18(15-28-14-16)17-6-7-22-20(12-17)24(34-33-22)26-31-23-19(8-10-30-25(23)32-26)21-5-3-4-9-29-21/h3-5,8-11,14-15,17,20,22,24,27,33-34H,2,6-7,12-13H2,1H3,(H,30,31,32). The molecule has 0 spiro atoms. The van der Waals surface area contributed by atoms with Crippen LogP contribution in [0.25, 0.3) is 22.4 Å². The average molecular weight is 455 g/mol. The van der Waals surface area contributed by atoms with Crippen molar-refractivity contribution in [2.45, 2.75) is 50.7 Å². The first-order valence-electron chi connectivity index (χ1n) is 12.2. The molecule has 0 radical (unpaired) electrons. The predicted molar refractivity (Wildman–Crippen MR) is 132 cm³/mol. The highest BCUT2D eigenvalue weighted by molar-refractivity contribution is 5.88. The highest BCUT2D eigenvalue weighted by atomic mass is 15.4. The molecule has 1 saturated heterocycles. The lowest BCUT2D eigenvalue weighted by Gasteiger charge is -2.33. The maximum absolute atomic E-state index is 4.90. The molecule has 4 unspecified atom stereocenters. The largest absolute Gasteiger partial charge is 0.339 e. The Labute approximate surface area is 199 Å². The lowest BCUT2D eigenvalue weighted by molar-refractivity contribution is 0.274. The molecule has 2 aliphatic rings. The molecule has 4 aromatic rings. The summed E-state index contributed by atoms with van der Waals surface area (Å²) in [4.78, 5) is 22.1. The maximum atomic E-state index is 4.90. The summed E-state index contributed by atoms with van der Waals surface area (Å²) in [7, 11) is 0. The van der Waals surface area contributed by atoms with Crippen LogP contribution in [0.4, 0.5) is 0 Å². The Kier molecular flexibility index (Phi) is 5.78. The van der Waals surface area contributed by atoms with Gasteiger partial charge in [0.05, 0.1) is 17.3 Å². The van der Waals surface area contributed by atoms with Crippen LogP contribution in [-0.4, -0.2) is 37.5 Å². The zero-order valence-corrected chi connectivity index (χ0v) is 19.3. The van der Waals surface area contributed by atoms with E-state index in [9.17, 15) is 0 Å². The highest BCUT2D eigenvalue weighted by Crippen LogP contribution is 2.44. The second-order valence-electron chi connectivity index (χ2n) is 9.35. The zero-order chi connectivity index (χ0) is 22.9. The number of hydrogen-bond acceptors (Lipinski definition) is 7. The molecule has 8 nitrogen and oxygen atoms in total. The number of rotatable bonds is 6. The molecule has 34 heavy (non-hydrogen) atoms. The zero-order valence-electron chi connectivity index (χ0n) is 19.3. The SMILES string of the molecule is CCNCc1cncc(C2CCC3NNC(c4nc5nccc(-c6ccccn6)c5[nH]4)C3C2)c1. The van der Waals surface area contributed by atoms with Crippen molar-refractivity contribution in [3.05, 3.63) is 72.1 Å². The van der Waals surface area contributed by atoms with Crippen LogP contribution in [0.15, 0.2) is 55.1 Å². The van der Waals surface area contributed by atoms with Crippen LogP contribution in [0, 0.1) is 5.92 Å². The van der Waals surface area contributed by atoms with E-state index in [1.807, 2.05) is 42.9 Å². The van der Waals surface area contributed by atoms with E-state index in [0.29, 0.717) is 17.9 Å². The first-order chi connectivity index (χ1) is 16.8. The van der Waals surface area contributed by atoms with Gasteiger partial charge in [-0.25, -0.2) is 15.4 Å². The molecule has 8 heteroatoms. The number of nitrogens with one attached hydrogen (secondary N) is 4. The van der Waals surface area contributed by atoms with E-state index in [4.69, 9.17) is 4.98 Å². The number of aromatic amines is 1. The van der Waals surface area contributed by atoms with Crippen LogP contribution in [0.1, 0.15) is 55.1 Å². The van der Waals surface area contributed by atoms with Crippen LogP contribution >= 0.6 is 0 Å². The molecule has 1 aliphatic heterocycles. The summed E-state index contributed by atoms with van der Waals surface area (Å²) in [6, 6.07) is 10.8. The van der Waals surface area contributed by atoms with Gasteiger partial charge in [-0.1, -0.05) is 19.1 Å². The van der Waals surface area contributed by atoms with Gasteiger partial charge in [0, 0.05) is 42.9 Å². The lowest BCUT2D eigenvalue weighted by Crippen LogP contribution is -2.34. The van der Waals surface area contributed by atoms with E-state index >= 15 is 0 Å². The average Bonchev–Trinajstić information content (AvgIpc) is 3.51. The quantitative estimate of drug-likeness (QED) is 0.353. The molecule has 6 rings (SSSR count). The van der Waals surface area contributed by atoms with Crippen molar-refractivity contribution < 1.29 is 0 Å². The van der Waals surface area contributed by atoms with Crippen LogP contribution in [0.2, 0.25) is 0 Å². The van der Waals surface area contributed by atoms with E-state index in [0.717, 1.165) is 54.2 Å². The molecule has 2 fully saturated rings. The summed E-state index contributed by atoms with van der Waals surface area (Å²) < 4.78 is 0. The Morgan fingerprint density at radius 2 is 2.03 bits per heavy atom. The summed E-state index contributed by atoms with van der Waals surface area (Å²) in [5, 5.41) is 3.41. The van der Waals surface area contributed by atoms with E-state index in [1.165, 1.54) is 17.5 Å². The van der Waals surface area contributed by atoms with Gasteiger partial charge >= 0.3 is 0 Å². The molecule has 4 N–H and O–H groups in total. The number of pyridine rings is 3. The molecule has 0 bridgehead atoms. The Morgan fingerprint density at radius 3 is 2.91 bits per heavy atom. The van der Waals surface area contributed by atoms with Crippen molar-refractivity contribution in [3.63, 3.8) is 0 Å². The molecule has 1 saturated carbocycles. The van der Waals surface area contributed by atoms with Crippen molar-refractivity contribution in [1.82, 2.24) is 41.1 Å². The molecule has 174 valence electrons. The monoisotopic (exact) mass is 454 g/mol. The second kappa shape index (κ2) is 9.21. The highest BCUT2D eigenvalue weighted by Gasteiger charge is 2.42. The predicted octanol–water partition coefficient (Wildman–Crippen LogP) is 3.63. The minimum absolute atomic E-state index is 0.108. The van der Waals surface area contributed by atoms with Crippen molar-refractivity contribution in [2.24, 2.45) is 5.92 Å². The fraction of sp³-hybridized carbons (Fsp3) is 0.385. The molecular weight excluding hydrogens is 424 g/mol. The van der Waals surface area contributed by atoms with Crippen LogP contribution in [0.3, 0.4) is 0 Å². The third kappa shape index (κ3) is 3.98. The van der Waals surface area contributed by atoms with Gasteiger partial charge in [-0.05, 0) is 67.0 Å². The second-order valence-corrected chi connectivity index (χ2v) is 9.35. The summed E-state index contributed by atoms with van der Waals surface area (Å²) >= 11 is 0. The summed E-state index contributed by atoms with van der Waals surface area (Å²) in [6.07, 6.45) is 11.0. The van der Waals surface area contributed by atoms with E-state index in [-0.39, 0.29) is 6.04 Å². The molecule has 0 amide bonds. The number of H-pyrrole nitrogens is 1. The third-order valence-corrected chi connectivity index (χ3v) is 7.26. The fourth-order valence-corrected chi connectivity index (χ4v) is 5.54. The molecule has 1 aliphatic carbocycles. The normalized spacial score (nSPS) is 24.4. The minimum atomic E-state index is 0.108. The maximum Gasteiger partial charge on any atom is 0.178 e. The Balaban J connectivity index is 1.27. The van der Waals surface area contributed by atoms with E-state index in [1.54, 1.807) is 0 Å². The summed E-state index contributed by atoms with van der Waals surface area (Å²) in [5.74, 6) is 1.88. The molecular formula is C26H30N8. The number of imidazole rings is 1. The lowest BCUT2D eigenvalue weighted by atomic mass is 9.73. The molecule has 0 aromatic carbocycles. The van der Waals surface area contributed by atoms with Crippen LogP contribution in [-0.2, 0) is 6.54 Å². The van der Waals surface area contributed by atoms with Gasteiger partial charge in [-0.15, -0.1) is 0 Å². The molecule has 4 aromatic heterocycles. The molecule has 5 heterocycles. The number of hydrazine groups is 1. The first kappa shape index (κ1) is 21.3. The third-order valence-electron chi connectivity index (χ3n) is 7.26. The van der Waals surface area contributed by atoms with Gasteiger partial charge < -0.3 is 10.3 Å². The van der Waals surface area contributed by atoms with Gasteiger partial charge in [0.15, 0.2) is 5.65 Å². The fourth-order valence-electron chi connectivity index (χ4n) is 5.54. The van der Waals surface area contributed by atoms with Crippen molar-refractivity contribution in [1.29, 1.82) is 0 Å². The van der Waals surface area contributed by atoms with Gasteiger partial charge in [0.1, 0.15) is 5.82 Å². The van der Waals surface area contributed by atoms with Gasteiger partial charge in [0.2, 0.25) is 0 Å². The van der Waals surface area contributed by atoms with E-state index < -0.39 is 0 Å². The van der Waals surface area contributed by atoms with Crippen LogP contribution in [0.5, 0.6) is 0 Å². The number of fused-ring (bicyclic) bond motifs is 2. The summed E-state index contributed by atoms with van der Waals surface area (Å²) in [6.45, 7) is 3.96. The Bertz CT molecular complexity index is 1270. The van der Waals surface area contributed by atoms with Crippen molar-refractivity contribution in [2.75, 3.05) is 6.54 Å². The molecule has 4 atom stereocenters. The number of nitrogens with zero attached hydrogens (tertiary/aromatic N) is 4. The van der Waals surface area contributed by atoms with Gasteiger partial charge in [-0.2, -0.15) is 0 Å². The first-order valence-corrected chi connectivity index (χ1v) is 12.2. The Hall–Kier alpha value is -3.20. The topological polar surface area (TPSA) is 103 Å². The minimum Gasteiger partial charge on any atom is -0.339 e. The van der Waals surface area contributed by atoms with Crippen molar-refractivity contribution >= 4 is 11.2 Å². The Morgan fingerprint density at radius 1 is 1.06 bits per heavy atom. The van der Waals surface area contributed by atoms with E-state index in [2.05, 4.69) is 55.3 Å². The van der Waals surface area contributed by atoms with Gasteiger partial charge in [0.25, 0.3) is 0 Å². The number of aromatic nitrogens is 5. The number of hydrogen-bond donors (Lipinski definition) is 4. The van der Waals surface area contributed by atoms with Crippen molar-refractivity contribution in [3.8, 4) is 11.3 Å². The van der Waals surface area contributed by atoms with Gasteiger partial charge in [-0.3, -0.25) is 15.4 Å². The smallest absolute Gasteiger partial charge is 0.178 e.